The van der Waals surface area contributed by atoms with Gasteiger partial charge in [-0.2, -0.15) is 13.2 Å². The standard InChI is InChI=1S/C15H22F3N5O/c16-15(17,18)9-22-5-3-11(7-22)21-13-6-14(20-10-19-13)23-4-1-2-12(23)8-24/h6,10-12,24H,1-5,7-9H2,(H,19,20,21). The molecule has 3 rings (SSSR count). The zero-order chi connectivity index (χ0) is 17.2. The maximum Gasteiger partial charge on any atom is 0.401 e. The van der Waals surface area contributed by atoms with Crippen LogP contribution in [0.5, 0.6) is 0 Å². The maximum atomic E-state index is 12.4. The number of aromatic nitrogens is 2. The fourth-order valence-corrected chi connectivity index (χ4v) is 3.47. The Morgan fingerprint density at radius 1 is 1.25 bits per heavy atom. The molecule has 2 fully saturated rings. The number of hydrogen-bond acceptors (Lipinski definition) is 6. The Hall–Kier alpha value is -1.61. The van der Waals surface area contributed by atoms with E-state index in [2.05, 4.69) is 20.2 Å². The molecule has 9 heteroatoms. The Balaban J connectivity index is 1.59. The molecule has 0 spiro atoms. The van der Waals surface area contributed by atoms with Gasteiger partial charge in [-0.25, -0.2) is 9.97 Å². The molecule has 6 nitrogen and oxygen atoms in total. The number of alkyl halides is 3. The highest BCUT2D eigenvalue weighted by Crippen LogP contribution is 2.26. The Kier molecular flexibility index (Phi) is 5.09. The Bertz CT molecular complexity index is 556. The van der Waals surface area contributed by atoms with Gasteiger partial charge in [0, 0.05) is 31.7 Å². The zero-order valence-electron chi connectivity index (χ0n) is 13.3. The highest BCUT2D eigenvalue weighted by Gasteiger charge is 2.34. The first-order chi connectivity index (χ1) is 11.4. The average molecular weight is 345 g/mol. The number of likely N-dealkylation sites (tertiary alicyclic amines) is 1. The second-order valence-electron chi connectivity index (χ2n) is 6.41. The molecule has 1 aromatic heterocycles. The van der Waals surface area contributed by atoms with Crippen molar-refractivity contribution in [2.75, 3.05) is 43.0 Å². The van der Waals surface area contributed by atoms with E-state index in [1.807, 2.05) is 0 Å². The number of nitrogens with zero attached hydrogens (tertiary/aromatic N) is 4. The van der Waals surface area contributed by atoms with Crippen molar-refractivity contribution in [1.82, 2.24) is 14.9 Å². The smallest absolute Gasteiger partial charge is 0.394 e. The molecule has 134 valence electrons. The Labute approximate surface area is 138 Å². The number of halogens is 3. The van der Waals surface area contributed by atoms with E-state index in [-0.39, 0.29) is 18.7 Å². The lowest BCUT2D eigenvalue weighted by atomic mass is 10.2. The van der Waals surface area contributed by atoms with E-state index in [0.717, 1.165) is 25.2 Å². The molecule has 0 amide bonds. The number of nitrogens with one attached hydrogen (secondary N) is 1. The zero-order valence-corrected chi connectivity index (χ0v) is 13.3. The van der Waals surface area contributed by atoms with Gasteiger partial charge in [0.25, 0.3) is 0 Å². The molecule has 0 aromatic carbocycles. The molecule has 1 aromatic rings. The van der Waals surface area contributed by atoms with Crippen LogP contribution in [0.4, 0.5) is 24.8 Å². The van der Waals surface area contributed by atoms with Gasteiger partial charge in [-0.15, -0.1) is 0 Å². The molecule has 2 saturated heterocycles. The van der Waals surface area contributed by atoms with Crippen molar-refractivity contribution in [3.05, 3.63) is 12.4 Å². The van der Waals surface area contributed by atoms with Crippen molar-refractivity contribution in [3.8, 4) is 0 Å². The van der Waals surface area contributed by atoms with Crippen LogP contribution in [0.1, 0.15) is 19.3 Å². The first-order valence-corrected chi connectivity index (χ1v) is 8.20. The maximum absolute atomic E-state index is 12.4. The summed E-state index contributed by atoms with van der Waals surface area (Å²) in [4.78, 5) is 11.9. The largest absolute Gasteiger partial charge is 0.401 e. The Morgan fingerprint density at radius 3 is 2.83 bits per heavy atom. The SMILES string of the molecule is OCC1CCCN1c1cc(NC2CCN(CC(F)(F)F)C2)ncn1. The van der Waals surface area contributed by atoms with Crippen LogP contribution in [-0.2, 0) is 0 Å². The normalized spacial score (nSPS) is 25.4. The van der Waals surface area contributed by atoms with E-state index in [9.17, 15) is 18.3 Å². The highest BCUT2D eigenvalue weighted by atomic mass is 19.4. The van der Waals surface area contributed by atoms with Crippen molar-refractivity contribution in [2.24, 2.45) is 0 Å². The Morgan fingerprint density at radius 2 is 2.08 bits per heavy atom. The predicted octanol–water partition coefficient (Wildman–Crippen LogP) is 1.49. The fraction of sp³-hybridized carbons (Fsp3) is 0.733. The summed E-state index contributed by atoms with van der Waals surface area (Å²) in [7, 11) is 0. The van der Waals surface area contributed by atoms with E-state index >= 15 is 0 Å². The van der Waals surface area contributed by atoms with Crippen LogP contribution >= 0.6 is 0 Å². The molecule has 0 bridgehead atoms. The van der Waals surface area contributed by atoms with Crippen LogP contribution in [0, 0.1) is 0 Å². The minimum atomic E-state index is -4.16. The molecule has 0 radical (unpaired) electrons. The van der Waals surface area contributed by atoms with Crippen molar-refractivity contribution in [3.63, 3.8) is 0 Å². The second kappa shape index (κ2) is 7.10. The molecule has 2 aliphatic rings. The van der Waals surface area contributed by atoms with Crippen LogP contribution in [0.25, 0.3) is 0 Å². The number of aliphatic hydroxyl groups excluding tert-OH is 1. The third kappa shape index (κ3) is 4.27. The molecule has 24 heavy (non-hydrogen) atoms. The molecular formula is C15H22F3N5O. The van der Waals surface area contributed by atoms with Gasteiger partial charge in [-0.05, 0) is 19.3 Å². The van der Waals surface area contributed by atoms with Gasteiger partial charge in [-0.1, -0.05) is 0 Å². The molecular weight excluding hydrogens is 323 g/mol. The summed E-state index contributed by atoms with van der Waals surface area (Å²) >= 11 is 0. The number of anilines is 2. The highest BCUT2D eigenvalue weighted by molar-refractivity contribution is 5.50. The van der Waals surface area contributed by atoms with Gasteiger partial charge < -0.3 is 15.3 Å². The minimum absolute atomic E-state index is 0.0534. The van der Waals surface area contributed by atoms with Crippen molar-refractivity contribution in [2.45, 2.75) is 37.5 Å². The van der Waals surface area contributed by atoms with Crippen molar-refractivity contribution >= 4 is 11.6 Å². The van der Waals surface area contributed by atoms with Gasteiger partial charge in [-0.3, -0.25) is 4.90 Å². The molecule has 2 aliphatic heterocycles. The lowest BCUT2D eigenvalue weighted by molar-refractivity contribution is -0.143. The third-order valence-corrected chi connectivity index (χ3v) is 4.56. The summed E-state index contributed by atoms with van der Waals surface area (Å²) in [6.45, 7) is 0.827. The molecule has 2 N–H and O–H groups in total. The lowest BCUT2D eigenvalue weighted by Crippen LogP contribution is -2.34. The van der Waals surface area contributed by atoms with Crippen LogP contribution < -0.4 is 10.2 Å². The van der Waals surface area contributed by atoms with Gasteiger partial charge in [0.1, 0.15) is 18.0 Å². The first kappa shape index (κ1) is 17.2. The lowest BCUT2D eigenvalue weighted by Gasteiger charge is -2.24. The van der Waals surface area contributed by atoms with Crippen molar-refractivity contribution in [1.29, 1.82) is 0 Å². The van der Waals surface area contributed by atoms with Crippen LogP contribution in [-0.4, -0.2) is 71.0 Å². The van der Waals surface area contributed by atoms with Crippen LogP contribution in [0.15, 0.2) is 12.4 Å². The second-order valence-corrected chi connectivity index (χ2v) is 6.41. The van der Waals surface area contributed by atoms with E-state index in [1.165, 1.54) is 11.2 Å². The first-order valence-electron chi connectivity index (χ1n) is 8.20. The van der Waals surface area contributed by atoms with E-state index in [1.54, 1.807) is 6.07 Å². The summed E-state index contributed by atoms with van der Waals surface area (Å²) in [6.07, 6.45) is -0.122. The van der Waals surface area contributed by atoms with Gasteiger partial charge in [0.05, 0.1) is 19.2 Å². The van der Waals surface area contributed by atoms with Gasteiger partial charge >= 0.3 is 6.18 Å². The van der Waals surface area contributed by atoms with E-state index in [4.69, 9.17) is 0 Å². The summed E-state index contributed by atoms with van der Waals surface area (Å²) in [6, 6.07) is 1.82. The molecule has 0 aliphatic carbocycles. The quantitative estimate of drug-likeness (QED) is 0.843. The predicted molar refractivity (Wildman–Crippen MR) is 84.0 cm³/mol. The molecule has 0 saturated carbocycles. The third-order valence-electron chi connectivity index (χ3n) is 4.56. The summed E-state index contributed by atoms with van der Waals surface area (Å²) in [5.74, 6) is 1.36. The number of aliphatic hydroxyl groups is 1. The summed E-state index contributed by atoms with van der Waals surface area (Å²) in [5.41, 5.74) is 0. The van der Waals surface area contributed by atoms with Gasteiger partial charge in [0.15, 0.2) is 0 Å². The number of rotatable bonds is 5. The average Bonchev–Trinajstić information content (AvgIpc) is 3.15. The van der Waals surface area contributed by atoms with Crippen LogP contribution in [0.3, 0.4) is 0 Å². The van der Waals surface area contributed by atoms with Crippen molar-refractivity contribution < 1.29 is 18.3 Å². The fourth-order valence-electron chi connectivity index (χ4n) is 3.47. The molecule has 3 heterocycles. The van der Waals surface area contributed by atoms with E-state index in [0.29, 0.717) is 25.3 Å². The number of hydrogen-bond donors (Lipinski definition) is 2. The monoisotopic (exact) mass is 345 g/mol. The molecule has 2 unspecified atom stereocenters. The topological polar surface area (TPSA) is 64.5 Å². The summed E-state index contributed by atoms with van der Waals surface area (Å²) < 4.78 is 37.3. The van der Waals surface area contributed by atoms with Gasteiger partial charge in [0.2, 0.25) is 0 Å². The van der Waals surface area contributed by atoms with E-state index < -0.39 is 12.7 Å². The minimum Gasteiger partial charge on any atom is -0.394 e. The van der Waals surface area contributed by atoms with Crippen LogP contribution in [0.2, 0.25) is 0 Å². The molecule has 2 atom stereocenters. The summed E-state index contributed by atoms with van der Waals surface area (Å²) in [5, 5.41) is 12.6.